The Labute approximate surface area is 171 Å². The summed E-state index contributed by atoms with van der Waals surface area (Å²) in [6.45, 7) is 3.79. The van der Waals surface area contributed by atoms with E-state index in [0.717, 1.165) is 21.3 Å². The molecule has 0 fully saturated rings. The van der Waals surface area contributed by atoms with Gasteiger partial charge in [-0.25, -0.2) is 9.36 Å². The third-order valence-electron chi connectivity index (χ3n) is 4.86. The third kappa shape index (κ3) is 3.56. The summed E-state index contributed by atoms with van der Waals surface area (Å²) >= 11 is 5.94. The second-order valence-corrected chi connectivity index (χ2v) is 7.57. The van der Waals surface area contributed by atoms with Crippen LogP contribution in [0.3, 0.4) is 0 Å². The number of aromatic amines is 1. The summed E-state index contributed by atoms with van der Waals surface area (Å²) in [4.78, 5) is 27.2. The highest BCUT2D eigenvalue weighted by Crippen LogP contribution is 2.28. The lowest BCUT2D eigenvalue weighted by Gasteiger charge is -2.13. The van der Waals surface area contributed by atoms with Gasteiger partial charge in [0.2, 0.25) is 5.88 Å². The molecule has 8 heteroatoms. The Hall–Kier alpha value is -3.32. The zero-order valence-corrected chi connectivity index (χ0v) is 16.6. The van der Waals surface area contributed by atoms with E-state index in [1.54, 1.807) is 24.3 Å². The van der Waals surface area contributed by atoms with Crippen molar-refractivity contribution < 1.29 is 5.11 Å². The van der Waals surface area contributed by atoms with E-state index in [0.29, 0.717) is 22.8 Å². The molecule has 3 aromatic rings. The molecule has 0 bridgehead atoms. The van der Waals surface area contributed by atoms with Gasteiger partial charge in [-0.1, -0.05) is 29.8 Å². The summed E-state index contributed by atoms with van der Waals surface area (Å²) in [5, 5.41) is 15.7. The van der Waals surface area contributed by atoms with Crippen LogP contribution in [0.2, 0.25) is 5.02 Å². The zero-order chi connectivity index (χ0) is 20.7. The lowest BCUT2D eigenvalue weighted by Crippen LogP contribution is -2.33. The standard InChI is InChI=1S/C21H19ClN4O3/c1-11-7-12(2)9-15(8-11)26-20(28)18(19(27)23-21(26)29)17-10-16(24-25-17)13-3-5-14(22)6-4-13/h3-9,16,24,28H,10H2,1-2H3,(H,23,27,29). The van der Waals surface area contributed by atoms with Gasteiger partial charge in [0.25, 0.3) is 5.56 Å². The molecule has 4 rings (SSSR count). The van der Waals surface area contributed by atoms with E-state index in [-0.39, 0.29) is 11.6 Å². The van der Waals surface area contributed by atoms with Gasteiger partial charge < -0.3 is 10.5 Å². The van der Waals surface area contributed by atoms with Gasteiger partial charge in [0.05, 0.1) is 17.4 Å². The fraction of sp³-hybridized carbons (Fsp3) is 0.190. The van der Waals surface area contributed by atoms with Crippen molar-refractivity contribution in [1.29, 1.82) is 0 Å². The molecule has 0 aliphatic carbocycles. The van der Waals surface area contributed by atoms with Crippen LogP contribution in [-0.2, 0) is 0 Å². The number of rotatable bonds is 3. The van der Waals surface area contributed by atoms with Crippen LogP contribution in [0.5, 0.6) is 5.88 Å². The van der Waals surface area contributed by atoms with E-state index in [4.69, 9.17) is 11.6 Å². The SMILES string of the molecule is Cc1cc(C)cc(-n2c(O)c(C3=NNC(c4ccc(Cl)cc4)C3)c(=O)[nH]c2=O)c1. The zero-order valence-electron chi connectivity index (χ0n) is 15.9. The van der Waals surface area contributed by atoms with Crippen LogP contribution < -0.4 is 16.7 Å². The van der Waals surface area contributed by atoms with E-state index in [2.05, 4.69) is 15.5 Å². The fourth-order valence-electron chi connectivity index (χ4n) is 3.59. The van der Waals surface area contributed by atoms with Crippen molar-refractivity contribution in [2.75, 3.05) is 0 Å². The molecule has 1 aromatic heterocycles. The van der Waals surface area contributed by atoms with Crippen molar-refractivity contribution in [3.8, 4) is 11.6 Å². The van der Waals surface area contributed by atoms with E-state index < -0.39 is 17.1 Å². The topological polar surface area (TPSA) is 99.5 Å². The largest absolute Gasteiger partial charge is 0.493 e. The lowest BCUT2D eigenvalue weighted by molar-refractivity contribution is 0.429. The monoisotopic (exact) mass is 410 g/mol. The Bertz CT molecular complexity index is 1220. The number of H-pyrrole nitrogens is 1. The van der Waals surface area contributed by atoms with Gasteiger partial charge in [-0.2, -0.15) is 5.10 Å². The summed E-state index contributed by atoms with van der Waals surface area (Å²) in [7, 11) is 0. The van der Waals surface area contributed by atoms with Crippen LogP contribution in [0.15, 0.2) is 57.2 Å². The highest BCUT2D eigenvalue weighted by atomic mass is 35.5. The molecule has 0 saturated heterocycles. The normalized spacial score (nSPS) is 15.8. The van der Waals surface area contributed by atoms with Crippen LogP contribution in [-0.4, -0.2) is 20.4 Å². The maximum absolute atomic E-state index is 12.5. The van der Waals surface area contributed by atoms with E-state index in [1.165, 1.54) is 0 Å². The predicted molar refractivity (Wildman–Crippen MR) is 112 cm³/mol. The molecule has 0 saturated carbocycles. The number of hydrazone groups is 1. The smallest absolute Gasteiger partial charge is 0.335 e. The van der Waals surface area contributed by atoms with Gasteiger partial charge in [-0.05, 0) is 54.8 Å². The lowest BCUT2D eigenvalue weighted by atomic mass is 10.00. The first-order chi connectivity index (χ1) is 13.8. The summed E-state index contributed by atoms with van der Waals surface area (Å²) in [5.41, 5.74) is 5.25. The molecular formula is C21H19ClN4O3. The molecule has 1 aliphatic heterocycles. The summed E-state index contributed by atoms with van der Waals surface area (Å²) in [6.07, 6.45) is 0.378. The maximum Gasteiger partial charge on any atom is 0.335 e. The number of benzene rings is 2. The number of aromatic nitrogens is 2. The first kappa shape index (κ1) is 19.0. The van der Waals surface area contributed by atoms with Crippen molar-refractivity contribution >= 4 is 17.3 Å². The van der Waals surface area contributed by atoms with Crippen molar-refractivity contribution in [2.45, 2.75) is 26.3 Å². The van der Waals surface area contributed by atoms with Gasteiger partial charge in [0, 0.05) is 11.4 Å². The first-order valence-electron chi connectivity index (χ1n) is 9.08. The van der Waals surface area contributed by atoms with Crippen molar-refractivity contribution in [3.05, 3.63) is 90.6 Å². The van der Waals surface area contributed by atoms with Gasteiger partial charge in [0.1, 0.15) is 5.56 Å². The minimum atomic E-state index is -0.706. The number of hydrogen-bond acceptors (Lipinski definition) is 5. The highest BCUT2D eigenvalue weighted by molar-refractivity contribution is 6.30. The summed E-state index contributed by atoms with van der Waals surface area (Å²) in [5.74, 6) is -0.430. The first-order valence-corrected chi connectivity index (χ1v) is 9.46. The molecule has 3 N–H and O–H groups in total. The third-order valence-corrected chi connectivity index (χ3v) is 5.12. The second kappa shape index (κ2) is 7.25. The second-order valence-electron chi connectivity index (χ2n) is 7.14. The van der Waals surface area contributed by atoms with Crippen LogP contribution in [0, 0.1) is 13.8 Å². The summed E-state index contributed by atoms with van der Waals surface area (Å²) in [6, 6.07) is 12.6. The Morgan fingerprint density at radius 3 is 2.41 bits per heavy atom. The summed E-state index contributed by atoms with van der Waals surface area (Å²) < 4.78 is 1.09. The predicted octanol–water partition coefficient (Wildman–Crippen LogP) is 2.94. The average Bonchev–Trinajstić information content (AvgIpc) is 3.10. The van der Waals surface area contributed by atoms with E-state index >= 15 is 0 Å². The van der Waals surface area contributed by atoms with E-state index in [1.807, 2.05) is 32.0 Å². The molecule has 2 heterocycles. The average molecular weight is 411 g/mol. The molecule has 0 amide bonds. The molecule has 0 radical (unpaired) electrons. The van der Waals surface area contributed by atoms with Gasteiger partial charge in [-0.3, -0.25) is 9.78 Å². The van der Waals surface area contributed by atoms with Crippen LogP contribution in [0.4, 0.5) is 0 Å². The Morgan fingerprint density at radius 1 is 1.10 bits per heavy atom. The Morgan fingerprint density at radius 2 is 1.76 bits per heavy atom. The number of hydrogen-bond donors (Lipinski definition) is 3. The van der Waals surface area contributed by atoms with Crippen LogP contribution in [0.25, 0.3) is 5.69 Å². The molecule has 1 aliphatic rings. The molecule has 2 aromatic carbocycles. The highest BCUT2D eigenvalue weighted by Gasteiger charge is 2.27. The minimum absolute atomic E-state index is 0.0206. The van der Waals surface area contributed by atoms with Crippen molar-refractivity contribution in [1.82, 2.24) is 15.0 Å². The molecule has 1 atom stereocenters. The molecule has 7 nitrogen and oxygen atoms in total. The molecule has 148 valence electrons. The Balaban J connectivity index is 1.76. The number of nitrogens with zero attached hydrogens (tertiary/aromatic N) is 2. The molecule has 29 heavy (non-hydrogen) atoms. The van der Waals surface area contributed by atoms with Crippen LogP contribution in [0.1, 0.15) is 34.7 Å². The number of nitrogens with one attached hydrogen (secondary N) is 2. The fourth-order valence-corrected chi connectivity index (χ4v) is 3.72. The van der Waals surface area contributed by atoms with Gasteiger partial charge >= 0.3 is 5.69 Å². The Kier molecular flexibility index (Phi) is 4.76. The minimum Gasteiger partial charge on any atom is -0.493 e. The molecular weight excluding hydrogens is 392 g/mol. The molecule has 0 spiro atoms. The maximum atomic E-state index is 12.5. The van der Waals surface area contributed by atoms with Gasteiger partial charge in [-0.15, -0.1) is 0 Å². The quantitative estimate of drug-likeness (QED) is 0.618. The molecule has 1 unspecified atom stereocenters. The number of aromatic hydroxyl groups is 1. The number of halogens is 1. The van der Waals surface area contributed by atoms with E-state index in [9.17, 15) is 14.7 Å². The van der Waals surface area contributed by atoms with Crippen molar-refractivity contribution in [2.24, 2.45) is 5.10 Å². The van der Waals surface area contributed by atoms with Crippen LogP contribution >= 0.6 is 11.6 Å². The van der Waals surface area contributed by atoms with Crippen molar-refractivity contribution in [3.63, 3.8) is 0 Å². The number of aryl methyl sites for hydroxylation is 2. The van der Waals surface area contributed by atoms with Gasteiger partial charge in [0.15, 0.2) is 0 Å².